The zero-order valence-corrected chi connectivity index (χ0v) is 15.8. The first-order valence-corrected chi connectivity index (χ1v) is 10.1. The number of benzene rings is 1. The SMILES string of the molecule is CC1=Nc2c(c(=O)[nH]n2C2CCOCC2)[C@H](c2ccc3ncccc3c2)S1. The van der Waals surface area contributed by atoms with Crippen LogP contribution in [-0.4, -0.2) is 33.0 Å². The maximum absolute atomic E-state index is 12.9. The molecule has 0 radical (unpaired) electrons. The van der Waals surface area contributed by atoms with Gasteiger partial charge in [-0.2, -0.15) is 0 Å². The van der Waals surface area contributed by atoms with Crippen molar-refractivity contribution >= 4 is 33.5 Å². The smallest absolute Gasteiger partial charge is 0.271 e. The number of thioether (sulfide) groups is 1. The van der Waals surface area contributed by atoms with E-state index >= 15 is 0 Å². The summed E-state index contributed by atoms with van der Waals surface area (Å²) in [5.74, 6) is 0.777. The van der Waals surface area contributed by atoms with E-state index in [9.17, 15) is 4.79 Å². The van der Waals surface area contributed by atoms with E-state index in [1.54, 1.807) is 18.0 Å². The summed E-state index contributed by atoms with van der Waals surface area (Å²) in [6.45, 7) is 3.45. The second-order valence-corrected chi connectivity index (χ2v) is 8.27. The van der Waals surface area contributed by atoms with Crippen LogP contribution in [0, 0.1) is 0 Å². The Morgan fingerprint density at radius 1 is 1.26 bits per heavy atom. The molecule has 4 heterocycles. The Hall–Kier alpha value is -2.38. The van der Waals surface area contributed by atoms with Crippen molar-refractivity contribution in [2.75, 3.05) is 13.2 Å². The third-order valence-corrected chi connectivity index (χ3v) is 6.41. The summed E-state index contributed by atoms with van der Waals surface area (Å²) in [6.07, 6.45) is 3.58. The van der Waals surface area contributed by atoms with E-state index in [4.69, 9.17) is 9.73 Å². The molecule has 6 nitrogen and oxygen atoms in total. The van der Waals surface area contributed by atoms with Crippen LogP contribution >= 0.6 is 11.8 Å². The highest BCUT2D eigenvalue weighted by Gasteiger charge is 2.32. The van der Waals surface area contributed by atoms with Crippen molar-refractivity contribution in [3.05, 3.63) is 58.0 Å². The molecule has 1 saturated heterocycles. The van der Waals surface area contributed by atoms with Gasteiger partial charge in [-0.25, -0.2) is 4.99 Å². The van der Waals surface area contributed by atoms with Gasteiger partial charge in [-0.3, -0.25) is 19.6 Å². The van der Waals surface area contributed by atoms with Crippen molar-refractivity contribution < 1.29 is 4.74 Å². The Bertz CT molecular complexity index is 1090. The summed E-state index contributed by atoms with van der Waals surface area (Å²) in [5, 5.41) is 5.04. The molecule has 1 N–H and O–H groups in total. The quantitative estimate of drug-likeness (QED) is 0.730. The van der Waals surface area contributed by atoms with Crippen LogP contribution in [-0.2, 0) is 4.74 Å². The summed E-state index contributed by atoms with van der Waals surface area (Å²) in [4.78, 5) is 22.0. The number of rotatable bonds is 2. The van der Waals surface area contributed by atoms with Gasteiger partial charge in [0.15, 0.2) is 5.82 Å². The van der Waals surface area contributed by atoms with Gasteiger partial charge in [0, 0.05) is 24.8 Å². The van der Waals surface area contributed by atoms with Gasteiger partial charge in [-0.05, 0) is 43.5 Å². The molecule has 0 bridgehead atoms. The van der Waals surface area contributed by atoms with Gasteiger partial charge in [0.05, 0.1) is 27.4 Å². The number of aromatic nitrogens is 3. The second kappa shape index (κ2) is 6.65. The topological polar surface area (TPSA) is 72.3 Å². The zero-order chi connectivity index (χ0) is 18.4. The normalized spacial score (nSPS) is 20.5. The lowest BCUT2D eigenvalue weighted by molar-refractivity contribution is 0.0666. The molecule has 0 amide bonds. The van der Waals surface area contributed by atoms with Crippen LogP contribution in [0.15, 0.2) is 46.3 Å². The zero-order valence-electron chi connectivity index (χ0n) is 15.0. The largest absolute Gasteiger partial charge is 0.381 e. The number of aliphatic imine (C=N–C) groups is 1. The fourth-order valence-corrected chi connectivity index (χ4v) is 5.00. The number of aromatic amines is 1. The predicted molar refractivity (Wildman–Crippen MR) is 108 cm³/mol. The van der Waals surface area contributed by atoms with Crippen molar-refractivity contribution in [1.29, 1.82) is 0 Å². The van der Waals surface area contributed by atoms with E-state index in [1.807, 2.05) is 23.7 Å². The maximum Gasteiger partial charge on any atom is 0.271 e. The minimum absolute atomic E-state index is 0.0449. The number of pyridine rings is 1. The highest BCUT2D eigenvalue weighted by Crippen LogP contribution is 2.45. The summed E-state index contributed by atoms with van der Waals surface area (Å²) >= 11 is 1.64. The Morgan fingerprint density at radius 2 is 2.11 bits per heavy atom. The monoisotopic (exact) mass is 380 g/mol. The van der Waals surface area contributed by atoms with E-state index in [1.165, 1.54) is 0 Å². The maximum atomic E-state index is 12.9. The number of nitrogens with one attached hydrogen (secondary N) is 1. The molecule has 1 aromatic carbocycles. The van der Waals surface area contributed by atoms with Crippen LogP contribution in [0.4, 0.5) is 5.82 Å². The molecule has 0 saturated carbocycles. The average Bonchev–Trinajstić information content (AvgIpc) is 3.04. The van der Waals surface area contributed by atoms with Crippen LogP contribution in [0.3, 0.4) is 0 Å². The van der Waals surface area contributed by atoms with Crippen molar-refractivity contribution in [3.63, 3.8) is 0 Å². The van der Waals surface area contributed by atoms with Gasteiger partial charge in [0.1, 0.15) is 0 Å². The third-order valence-electron chi connectivity index (χ3n) is 5.24. The Kier molecular flexibility index (Phi) is 4.13. The molecule has 3 aromatic rings. The lowest BCUT2D eigenvalue weighted by Gasteiger charge is -2.26. The number of ether oxygens (including phenoxy) is 1. The minimum Gasteiger partial charge on any atom is -0.381 e. The second-order valence-electron chi connectivity index (χ2n) is 6.98. The summed E-state index contributed by atoms with van der Waals surface area (Å²) in [6, 6.07) is 10.5. The standard InChI is InChI=1S/C20H20N4O2S/c1-12-22-19-17(20(25)23-24(19)15-6-9-26-10-7-15)18(27-12)14-4-5-16-13(11-14)3-2-8-21-16/h2-5,8,11,15,18H,6-7,9-10H2,1H3,(H,23,25)/t18-/m0/s1. The molecule has 7 heteroatoms. The highest BCUT2D eigenvalue weighted by atomic mass is 32.2. The predicted octanol–water partition coefficient (Wildman–Crippen LogP) is 3.96. The molecule has 1 fully saturated rings. The van der Waals surface area contributed by atoms with E-state index in [-0.39, 0.29) is 16.9 Å². The molecule has 5 rings (SSSR count). The molecular formula is C20H20N4O2S. The van der Waals surface area contributed by atoms with Crippen molar-refractivity contribution in [1.82, 2.24) is 14.8 Å². The number of H-pyrrole nitrogens is 1. The van der Waals surface area contributed by atoms with Gasteiger partial charge in [-0.1, -0.05) is 23.9 Å². The molecule has 2 aliphatic rings. The van der Waals surface area contributed by atoms with Gasteiger partial charge in [0.25, 0.3) is 5.56 Å². The van der Waals surface area contributed by atoms with Crippen molar-refractivity contribution in [3.8, 4) is 0 Å². The lowest BCUT2D eigenvalue weighted by atomic mass is 10.0. The number of hydrogen-bond donors (Lipinski definition) is 1. The lowest BCUT2D eigenvalue weighted by Crippen LogP contribution is -2.21. The van der Waals surface area contributed by atoms with Crippen molar-refractivity contribution in [2.45, 2.75) is 31.1 Å². The number of hydrogen-bond acceptors (Lipinski definition) is 5. The molecule has 0 spiro atoms. The van der Waals surface area contributed by atoms with E-state index in [0.29, 0.717) is 0 Å². The minimum atomic E-state index is -0.0630. The van der Waals surface area contributed by atoms with Gasteiger partial charge < -0.3 is 4.74 Å². The molecule has 0 unspecified atom stereocenters. The van der Waals surface area contributed by atoms with Crippen molar-refractivity contribution in [2.24, 2.45) is 4.99 Å². The number of fused-ring (bicyclic) bond motifs is 2. The summed E-state index contributed by atoms with van der Waals surface area (Å²) in [7, 11) is 0. The fourth-order valence-electron chi connectivity index (χ4n) is 3.91. The summed E-state index contributed by atoms with van der Waals surface area (Å²) in [5.41, 5.74) is 2.77. The van der Waals surface area contributed by atoms with Crippen LogP contribution in [0.5, 0.6) is 0 Å². The fraction of sp³-hybridized carbons (Fsp3) is 0.350. The molecule has 2 aliphatic heterocycles. The molecule has 27 heavy (non-hydrogen) atoms. The van der Waals surface area contributed by atoms with Crippen LogP contribution in [0.2, 0.25) is 0 Å². The molecule has 0 aliphatic carbocycles. The first-order chi connectivity index (χ1) is 13.2. The summed E-state index contributed by atoms with van der Waals surface area (Å²) < 4.78 is 7.44. The first kappa shape index (κ1) is 16.8. The van der Waals surface area contributed by atoms with E-state index in [2.05, 4.69) is 28.3 Å². The van der Waals surface area contributed by atoms with Gasteiger partial charge in [-0.15, -0.1) is 0 Å². The molecule has 1 atom stereocenters. The highest BCUT2D eigenvalue weighted by molar-refractivity contribution is 8.14. The third kappa shape index (κ3) is 2.91. The molecule has 2 aromatic heterocycles. The first-order valence-electron chi connectivity index (χ1n) is 9.19. The molecular weight excluding hydrogens is 360 g/mol. The van der Waals surface area contributed by atoms with Crippen LogP contribution in [0.1, 0.15) is 42.2 Å². The Balaban J connectivity index is 1.63. The Labute approximate surface area is 160 Å². The van der Waals surface area contributed by atoms with Gasteiger partial charge >= 0.3 is 0 Å². The van der Waals surface area contributed by atoms with E-state index in [0.717, 1.165) is 58.9 Å². The van der Waals surface area contributed by atoms with Gasteiger partial charge in [0.2, 0.25) is 0 Å². The Morgan fingerprint density at radius 3 is 2.96 bits per heavy atom. The number of nitrogens with zero attached hydrogens (tertiary/aromatic N) is 3. The average molecular weight is 380 g/mol. The van der Waals surface area contributed by atoms with Crippen LogP contribution < -0.4 is 5.56 Å². The molecule has 138 valence electrons. The van der Waals surface area contributed by atoms with Crippen LogP contribution in [0.25, 0.3) is 10.9 Å². The van der Waals surface area contributed by atoms with E-state index < -0.39 is 0 Å².